The molecule has 0 spiro atoms. The molecule has 0 aromatic carbocycles. The van der Waals surface area contributed by atoms with Crippen molar-refractivity contribution >= 4 is 5.96 Å². The maximum Gasteiger partial charge on any atom is 0.276 e. The topological polar surface area (TPSA) is 101 Å². The third kappa shape index (κ3) is 7.91. The van der Waals surface area contributed by atoms with Gasteiger partial charge in [0.25, 0.3) is 5.89 Å². The van der Waals surface area contributed by atoms with Crippen LogP contribution >= 0.6 is 0 Å². The van der Waals surface area contributed by atoms with E-state index in [-0.39, 0.29) is 0 Å². The number of aromatic nitrogens is 3. The van der Waals surface area contributed by atoms with Crippen molar-refractivity contribution in [2.75, 3.05) is 39.3 Å². The van der Waals surface area contributed by atoms with Crippen LogP contribution in [0.15, 0.2) is 33.9 Å². The Labute approximate surface area is 184 Å². The van der Waals surface area contributed by atoms with Crippen LogP contribution in [0, 0.1) is 0 Å². The standard InChI is InChI=1S/C22H35N7O2/c1-4-23-22(26-18-9-13-29(14-10-18)15-16-30-17(2)3)25-12-8-20-27-21(31-28-20)19-7-5-6-11-24-19/h5-7,11,17-18H,4,8-10,12-16H2,1-3H3,(H2,23,25,26). The highest BCUT2D eigenvalue weighted by Gasteiger charge is 2.20. The Hall–Kier alpha value is -2.52. The van der Waals surface area contributed by atoms with Crippen LogP contribution in [0.2, 0.25) is 0 Å². The van der Waals surface area contributed by atoms with Crippen LogP contribution in [0.5, 0.6) is 0 Å². The second kappa shape index (κ2) is 12.4. The van der Waals surface area contributed by atoms with Crippen LogP contribution in [-0.2, 0) is 11.2 Å². The predicted octanol–water partition coefficient (Wildman–Crippen LogP) is 2.12. The minimum atomic E-state index is 0.298. The summed E-state index contributed by atoms with van der Waals surface area (Å²) in [4.78, 5) is 15.8. The lowest BCUT2D eigenvalue weighted by Crippen LogP contribution is -2.49. The number of likely N-dealkylation sites (tertiary alicyclic amines) is 1. The number of rotatable bonds is 10. The molecule has 3 rings (SSSR count). The third-order valence-corrected chi connectivity index (χ3v) is 5.09. The summed E-state index contributed by atoms with van der Waals surface area (Å²) in [7, 11) is 0. The van der Waals surface area contributed by atoms with E-state index in [0.717, 1.165) is 51.6 Å². The van der Waals surface area contributed by atoms with Crippen LogP contribution in [0.25, 0.3) is 11.6 Å². The number of pyridine rings is 1. The summed E-state index contributed by atoms with van der Waals surface area (Å²) < 4.78 is 11.0. The van der Waals surface area contributed by atoms with Crippen LogP contribution < -0.4 is 10.6 Å². The second-order valence-electron chi connectivity index (χ2n) is 7.92. The molecule has 2 N–H and O–H groups in total. The molecule has 0 bridgehead atoms. The molecule has 0 radical (unpaired) electrons. The molecule has 0 saturated carbocycles. The molecule has 0 unspecified atom stereocenters. The van der Waals surface area contributed by atoms with Gasteiger partial charge in [0.1, 0.15) is 5.69 Å². The summed E-state index contributed by atoms with van der Waals surface area (Å²) in [6, 6.07) is 6.04. The van der Waals surface area contributed by atoms with E-state index in [1.807, 2.05) is 18.2 Å². The Morgan fingerprint density at radius 2 is 2.16 bits per heavy atom. The highest BCUT2D eigenvalue weighted by atomic mass is 16.5. The maximum atomic E-state index is 5.67. The van der Waals surface area contributed by atoms with Crippen molar-refractivity contribution in [3.8, 4) is 11.6 Å². The number of guanidine groups is 1. The van der Waals surface area contributed by atoms with Gasteiger partial charge in [0.2, 0.25) is 0 Å². The Balaban J connectivity index is 1.43. The van der Waals surface area contributed by atoms with Gasteiger partial charge in [-0.1, -0.05) is 11.2 Å². The Kier molecular flexibility index (Phi) is 9.23. The average Bonchev–Trinajstić information content (AvgIpc) is 3.24. The van der Waals surface area contributed by atoms with Gasteiger partial charge in [0, 0.05) is 51.4 Å². The van der Waals surface area contributed by atoms with Gasteiger partial charge in [0.05, 0.1) is 12.7 Å². The first-order chi connectivity index (χ1) is 15.1. The molecular formula is C22H35N7O2. The van der Waals surface area contributed by atoms with Crippen molar-refractivity contribution in [1.82, 2.24) is 30.7 Å². The van der Waals surface area contributed by atoms with Gasteiger partial charge in [-0.05, 0) is 45.7 Å². The van der Waals surface area contributed by atoms with Crippen molar-refractivity contribution in [3.05, 3.63) is 30.2 Å². The highest BCUT2D eigenvalue weighted by Crippen LogP contribution is 2.13. The molecule has 3 heterocycles. The molecule has 0 atom stereocenters. The number of ether oxygens (including phenoxy) is 1. The molecule has 0 aliphatic carbocycles. The fraction of sp³-hybridized carbons (Fsp3) is 0.636. The predicted molar refractivity (Wildman–Crippen MR) is 121 cm³/mol. The zero-order valence-corrected chi connectivity index (χ0v) is 18.9. The second-order valence-corrected chi connectivity index (χ2v) is 7.92. The summed E-state index contributed by atoms with van der Waals surface area (Å²) in [5, 5.41) is 11.0. The van der Waals surface area contributed by atoms with Crippen LogP contribution in [0.4, 0.5) is 0 Å². The monoisotopic (exact) mass is 429 g/mol. The lowest BCUT2D eigenvalue weighted by molar-refractivity contribution is 0.0532. The molecule has 1 aliphatic heterocycles. The first-order valence-corrected chi connectivity index (χ1v) is 11.3. The van der Waals surface area contributed by atoms with Gasteiger partial charge in [0.15, 0.2) is 11.8 Å². The van der Waals surface area contributed by atoms with Gasteiger partial charge < -0.3 is 24.8 Å². The van der Waals surface area contributed by atoms with E-state index >= 15 is 0 Å². The zero-order valence-electron chi connectivity index (χ0n) is 18.9. The van der Waals surface area contributed by atoms with E-state index in [4.69, 9.17) is 14.3 Å². The Morgan fingerprint density at radius 3 is 2.87 bits per heavy atom. The first-order valence-electron chi connectivity index (χ1n) is 11.3. The van der Waals surface area contributed by atoms with Crippen molar-refractivity contribution in [1.29, 1.82) is 0 Å². The third-order valence-electron chi connectivity index (χ3n) is 5.09. The number of piperidine rings is 1. The van der Waals surface area contributed by atoms with E-state index in [9.17, 15) is 0 Å². The minimum absolute atomic E-state index is 0.298. The largest absolute Gasteiger partial charge is 0.377 e. The average molecular weight is 430 g/mol. The fourth-order valence-corrected chi connectivity index (χ4v) is 3.45. The number of hydrogen-bond donors (Lipinski definition) is 2. The molecule has 1 aliphatic rings. The molecule has 0 amide bonds. The lowest BCUT2D eigenvalue weighted by atomic mass is 10.1. The SMILES string of the molecule is CCNC(=NCCc1noc(-c2ccccn2)n1)NC1CCN(CCOC(C)C)CC1. The van der Waals surface area contributed by atoms with Crippen molar-refractivity contribution in [2.45, 2.75) is 52.2 Å². The molecule has 2 aromatic rings. The van der Waals surface area contributed by atoms with Crippen LogP contribution in [-0.4, -0.2) is 77.5 Å². The summed E-state index contributed by atoms with van der Waals surface area (Å²) in [5.74, 6) is 1.92. The van der Waals surface area contributed by atoms with Crippen LogP contribution in [0.1, 0.15) is 39.4 Å². The molecule has 9 nitrogen and oxygen atoms in total. The number of nitrogens with zero attached hydrogens (tertiary/aromatic N) is 5. The summed E-state index contributed by atoms with van der Waals surface area (Å²) >= 11 is 0. The Bertz CT molecular complexity index is 786. The van der Waals surface area contributed by atoms with E-state index < -0.39 is 0 Å². The molecule has 2 aromatic heterocycles. The highest BCUT2D eigenvalue weighted by molar-refractivity contribution is 5.80. The normalized spacial score (nSPS) is 16.1. The molecule has 1 saturated heterocycles. The summed E-state index contributed by atoms with van der Waals surface area (Å²) in [6.07, 6.45) is 4.82. The van der Waals surface area contributed by atoms with E-state index in [1.54, 1.807) is 6.20 Å². The van der Waals surface area contributed by atoms with E-state index in [0.29, 0.717) is 42.5 Å². The maximum absolute atomic E-state index is 5.67. The van der Waals surface area contributed by atoms with Crippen LogP contribution in [0.3, 0.4) is 0 Å². The van der Waals surface area contributed by atoms with Crippen molar-refractivity contribution in [2.24, 2.45) is 4.99 Å². The number of aliphatic imine (C=N–C) groups is 1. The smallest absolute Gasteiger partial charge is 0.276 e. The van der Waals surface area contributed by atoms with Gasteiger partial charge >= 0.3 is 0 Å². The summed E-state index contributed by atoms with van der Waals surface area (Å²) in [5.41, 5.74) is 0.682. The first kappa shape index (κ1) is 23.1. The molecule has 31 heavy (non-hydrogen) atoms. The van der Waals surface area contributed by atoms with Gasteiger partial charge in [-0.2, -0.15) is 4.98 Å². The van der Waals surface area contributed by atoms with Crippen molar-refractivity contribution < 1.29 is 9.26 Å². The van der Waals surface area contributed by atoms with E-state index in [2.05, 4.69) is 51.4 Å². The molecule has 9 heteroatoms. The van der Waals surface area contributed by atoms with Gasteiger partial charge in [-0.3, -0.25) is 9.98 Å². The van der Waals surface area contributed by atoms with Gasteiger partial charge in [-0.25, -0.2) is 0 Å². The van der Waals surface area contributed by atoms with Crippen molar-refractivity contribution in [3.63, 3.8) is 0 Å². The fourth-order valence-electron chi connectivity index (χ4n) is 3.45. The zero-order chi connectivity index (χ0) is 21.9. The summed E-state index contributed by atoms with van der Waals surface area (Å²) in [6.45, 7) is 11.6. The molecule has 170 valence electrons. The molecular weight excluding hydrogens is 394 g/mol. The number of nitrogens with one attached hydrogen (secondary N) is 2. The minimum Gasteiger partial charge on any atom is -0.377 e. The van der Waals surface area contributed by atoms with Gasteiger partial charge in [-0.15, -0.1) is 0 Å². The van der Waals surface area contributed by atoms with E-state index in [1.165, 1.54) is 0 Å². The molecule has 1 fully saturated rings. The number of hydrogen-bond acceptors (Lipinski definition) is 7. The Morgan fingerprint density at radius 1 is 1.32 bits per heavy atom. The lowest BCUT2D eigenvalue weighted by Gasteiger charge is -2.33. The quantitative estimate of drug-likeness (QED) is 0.438.